The van der Waals surface area contributed by atoms with Gasteiger partial charge in [-0.15, -0.1) is 0 Å². The van der Waals surface area contributed by atoms with Crippen LogP contribution in [0, 0.1) is 0 Å². The standard InChI is InChI=1S/C23H22N4O4/c28-25-20-11-23(21-9-15-2-1-5-27(15)14-24-21)31-22-4-3-17(10-19(20)22)29-7-6-26-12-18-8-16(26)13-30-18/h1-5,9-11,14,16,18,28H,6-8,12-13H2/b25-20-/t16-,18-/m0/s1. The zero-order valence-corrected chi connectivity index (χ0v) is 16.8. The van der Waals surface area contributed by atoms with Crippen LogP contribution in [-0.4, -0.2) is 57.9 Å². The second kappa shape index (κ2) is 7.40. The Balaban J connectivity index is 1.25. The van der Waals surface area contributed by atoms with Crippen molar-refractivity contribution in [2.75, 3.05) is 26.3 Å². The van der Waals surface area contributed by atoms with Gasteiger partial charge < -0.3 is 23.5 Å². The number of ether oxygens (including phenoxy) is 2. The summed E-state index contributed by atoms with van der Waals surface area (Å²) in [5.74, 6) is 1.25. The molecule has 8 heteroatoms. The molecule has 2 saturated heterocycles. The SMILES string of the molecule is O/N=c1/cc(-c2cc3cccn3cn2)oc2ccc(OCCN3C[C@@H]4C[C@H]3CO4)cc12. The van der Waals surface area contributed by atoms with Crippen LogP contribution in [0.15, 0.2) is 64.6 Å². The van der Waals surface area contributed by atoms with Gasteiger partial charge in [0.1, 0.15) is 29.0 Å². The van der Waals surface area contributed by atoms with E-state index in [9.17, 15) is 5.21 Å². The molecule has 4 aromatic rings. The molecule has 0 amide bonds. The Kier molecular flexibility index (Phi) is 4.40. The molecule has 8 nitrogen and oxygen atoms in total. The van der Waals surface area contributed by atoms with Crippen molar-refractivity contribution in [2.45, 2.75) is 18.6 Å². The number of fused-ring (bicyclic) bond motifs is 4. The van der Waals surface area contributed by atoms with Crippen molar-refractivity contribution in [2.24, 2.45) is 5.16 Å². The molecular weight excluding hydrogens is 396 g/mol. The predicted octanol–water partition coefficient (Wildman–Crippen LogP) is 2.89. The Labute approximate surface area is 177 Å². The summed E-state index contributed by atoms with van der Waals surface area (Å²) < 4.78 is 19.6. The zero-order chi connectivity index (χ0) is 20.8. The lowest BCUT2D eigenvalue weighted by Gasteiger charge is -2.26. The Bertz CT molecular complexity index is 1330. The van der Waals surface area contributed by atoms with Gasteiger partial charge in [0.15, 0.2) is 5.76 Å². The number of nitrogens with zero attached hydrogens (tertiary/aromatic N) is 4. The number of morpholine rings is 1. The summed E-state index contributed by atoms with van der Waals surface area (Å²) in [6.07, 6.45) is 5.19. The van der Waals surface area contributed by atoms with Crippen molar-refractivity contribution < 1.29 is 19.1 Å². The first-order chi connectivity index (χ1) is 15.3. The van der Waals surface area contributed by atoms with Crippen molar-refractivity contribution in [1.29, 1.82) is 0 Å². The van der Waals surface area contributed by atoms with Gasteiger partial charge in [0.2, 0.25) is 0 Å². The van der Waals surface area contributed by atoms with Crippen LogP contribution in [-0.2, 0) is 4.74 Å². The molecule has 3 aromatic heterocycles. The van der Waals surface area contributed by atoms with E-state index in [1.165, 1.54) is 0 Å². The van der Waals surface area contributed by atoms with Gasteiger partial charge in [-0.1, -0.05) is 5.16 Å². The maximum atomic E-state index is 9.62. The van der Waals surface area contributed by atoms with Crippen molar-refractivity contribution in [3.8, 4) is 17.2 Å². The van der Waals surface area contributed by atoms with E-state index in [2.05, 4.69) is 15.0 Å². The van der Waals surface area contributed by atoms with Crippen molar-refractivity contribution in [3.05, 3.63) is 60.3 Å². The highest BCUT2D eigenvalue weighted by Crippen LogP contribution is 2.28. The van der Waals surface area contributed by atoms with Crippen LogP contribution in [0.25, 0.3) is 27.9 Å². The van der Waals surface area contributed by atoms with Gasteiger partial charge in [-0.3, -0.25) is 4.90 Å². The van der Waals surface area contributed by atoms with E-state index >= 15 is 0 Å². The maximum Gasteiger partial charge on any atom is 0.155 e. The molecule has 158 valence electrons. The molecule has 2 aliphatic heterocycles. The molecule has 0 radical (unpaired) electrons. The summed E-state index contributed by atoms with van der Waals surface area (Å²) in [6, 6.07) is 13.7. The molecule has 0 saturated carbocycles. The molecule has 2 atom stereocenters. The van der Waals surface area contributed by atoms with Gasteiger partial charge in [-0.2, -0.15) is 0 Å². The Hall–Kier alpha value is -3.36. The van der Waals surface area contributed by atoms with Crippen LogP contribution in [0.4, 0.5) is 0 Å². The third kappa shape index (κ3) is 3.34. The normalized spacial score (nSPS) is 21.5. The molecule has 6 rings (SSSR count). The van der Waals surface area contributed by atoms with Crippen LogP contribution in [0.5, 0.6) is 5.75 Å². The van der Waals surface area contributed by atoms with Gasteiger partial charge in [0, 0.05) is 36.9 Å². The Morgan fingerprint density at radius 3 is 3.03 bits per heavy atom. The summed E-state index contributed by atoms with van der Waals surface area (Å²) in [4.78, 5) is 6.88. The molecule has 1 aromatic carbocycles. The quantitative estimate of drug-likeness (QED) is 0.396. The lowest BCUT2D eigenvalue weighted by molar-refractivity contribution is 0.0258. The highest BCUT2D eigenvalue weighted by atomic mass is 16.5. The number of likely N-dealkylation sites (tertiary alicyclic amines) is 1. The molecule has 0 aliphatic carbocycles. The summed E-state index contributed by atoms with van der Waals surface area (Å²) in [7, 11) is 0. The van der Waals surface area contributed by atoms with Gasteiger partial charge in [0.25, 0.3) is 0 Å². The smallest absolute Gasteiger partial charge is 0.155 e. The number of hydrogen-bond acceptors (Lipinski definition) is 7. The van der Waals surface area contributed by atoms with Crippen LogP contribution >= 0.6 is 0 Å². The minimum absolute atomic E-state index is 0.392. The third-order valence-corrected chi connectivity index (χ3v) is 6.15. The van der Waals surface area contributed by atoms with E-state index in [0.717, 1.165) is 31.6 Å². The Morgan fingerprint density at radius 1 is 1.23 bits per heavy atom. The highest BCUT2D eigenvalue weighted by Gasteiger charge is 2.38. The average Bonchev–Trinajstić information content (AvgIpc) is 3.55. The van der Waals surface area contributed by atoms with E-state index in [1.54, 1.807) is 12.4 Å². The van der Waals surface area contributed by atoms with Gasteiger partial charge >= 0.3 is 0 Å². The fraction of sp³-hybridized carbons (Fsp3) is 0.304. The van der Waals surface area contributed by atoms with Crippen LogP contribution in [0.1, 0.15) is 6.42 Å². The molecule has 2 fully saturated rings. The lowest BCUT2D eigenvalue weighted by atomic mass is 10.2. The first-order valence-corrected chi connectivity index (χ1v) is 10.4. The fourth-order valence-electron chi connectivity index (χ4n) is 4.55. The minimum atomic E-state index is 0.392. The Morgan fingerprint density at radius 2 is 2.19 bits per heavy atom. The topological polar surface area (TPSA) is 84.7 Å². The van der Waals surface area contributed by atoms with E-state index < -0.39 is 0 Å². The number of rotatable bonds is 5. The zero-order valence-electron chi connectivity index (χ0n) is 16.8. The maximum absolute atomic E-state index is 9.62. The van der Waals surface area contributed by atoms with E-state index in [1.807, 2.05) is 47.0 Å². The molecule has 0 spiro atoms. The first-order valence-electron chi connectivity index (χ1n) is 10.4. The molecule has 0 unspecified atom stereocenters. The molecule has 2 aliphatic rings. The van der Waals surface area contributed by atoms with Crippen LogP contribution in [0.3, 0.4) is 0 Å². The van der Waals surface area contributed by atoms with E-state index in [4.69, 9.17) is 13.9 Å². The monoisotopic (exact) mass is 418 g/mol. The summed E-state index contributed by atoms with van der Waals surface area (Å²) in [5, 5.41) is 14.2. The van der Waals surface area contributed by atoms with Gasteiger partial charge in [0.05, 0.1) is 24.4 Å². The predicted molar refractivity (Wildman–Crippen MR) is 113 cm³/mol. The first kappa shape index (κ1) is 18.4. The van der Waals surface area contributed by atoms with Crippen LogP contribution < -0.4 is 10.1 Å². The summed E-state index contributed by atoms with van der Waals surface area (Å²) >= 11 is 0. The van der Waals surface area contributed by atoms with E-state index in [-0.39, 0.29) is 0 Å². The second-order valence-electron chi connectivity index (χ2n) is 8.06. The minimum Gasteiger partial charge on any atom is -0.492 e. The molecule has 1 N–H and O–H groups in total. The van der Waals surface area contributed by atoms with Gasteiger partial charge in [-0.05, 0) is 42.8 Å². The molecule has 2 bridgehead atoms. The van der Waals surface area contributed by atoms with Crippen molar-refractivity contribution >= 4 is 16.5 Å². The molecular formula is C23H22N4O4. The molecule has 31 heavy (non-hydrogen) atoms. The third-order valence-electron chi connectivity index (χ3n) is 6.15. The van der Waals surface area contributed by atoms with Crippen molar-refractivity contribution in [3.63, 3.8) is 0 Å². The second-order valence-corrected chi connectivity index (χ2v) is 8.06. The van der Waals surface area contributed by atoms with Gasteiger partial charge in [-0.25, -0.2) is 4.98 Å². The van der Waals surface area contributed by atoms with Crippen molar-refractivity contribution in [1.82, 2.24) is 14.3 Å². The number of benzene rings is 1. The number of hydrogen-bond donors (Lipinski definition) is 1. The number of aromatic nitrogens is 2. The largest absolute Gasteiger partial charge is 0.492 e. The fourth-order valence-corrected chi connectivity index (χ4v) is 4.55. The average molecular weight is 418 g/mol. The van der Waals surface area contributed by atoms with Crippen LogP contribution in [0.2, 0.25) is 0 Å². The highest BCUT2D eigenvalue weighted by molar-refractivity contribution is 5.80. The molecule has 5 heterocycles. The lowest BCUT2D eigenvalue weighted by Crippen LogP contribution is -2.39. The van der Waals surface area contributed by atoms with E-state index in [0.29, 0.717) is 52.3 Å². The summed E-state index contributed by atoms with van der Waals surface area (Å²) in [5.41, 5.74) is 2.27. The summed E-state index contributed by atoms with van der Waals surface area (Å²) in [6.45, 7) is 3.29.